The number of hydrogen-bond acceptors (Lipinski definition) is 3. The van der Waals surface area contributed by atoms with Gasteiger partial charge in [-0.25, -0.2) is 9.78 Å². The number of aromatic nitrogens is 1. The van der Waals surface area contributed by atoms with Crippen molar-refractivity contribution in [2.45, 2.75) is 32.4 Å². The zero-order valence-corrected chi connectivity index (χ0v) is 12.0. The molecule has 1 aromatic heterocycles. The maximum Gasteiger partial charge on any atom is 0.354 e. The predicted octanol–water partition coefficient (Wildman–Crippen LogP) is 3.12. The lowest BCUT2D eigenvalue weighted by Gasteiger charge is -2.37. The zero-order valence-electron chi connectivity index (χ0n) is 12.0. The molecule has 2 heterocycles. The van der Waals surface area contributed by atoms with E-state index in [0.29, 0.717) is 12.6 Å². The normalized spacial score (nSPS) is 17.4. The summed E-state index contributed by atoms with van der Waals surface area (Å²) in [6, 6.07) is 12.4. The second-order valence-electron chi connectivity index (χ2n) is 5.50. The number of aromatic carboxylic acids is 1. The van der Waals surface area contributed by atoms with Gasteiger partial charge in [0.2, 0.25) is 0 Å². The number of para-hydroxylation sites is 1. The topological polar surface area (TPSA) is 53.4 Å². The van der Waals surface area contributed by atoms with Crippen LogP contribution in [0.25, 0.3) is 0 Å². The number of aryl methyl sites for hydroxylation is 1. The van der Waals surface area contributed by atoms with Crippen molar-refractivity contribution in [1.82, 2.24) is 4.98 Å². The number of anilines is 1. The number of benzene rings is 1. The number of hydrogen-bond donors (Lipinski definition) is 1. The molecule has 0 spiro atoms. The van der Waals surface area contributed by atoms with E-state index in [-0.39, 0.29) is 5.69 Å². The maximum absolute atomic E-state index is 11.0. The largest absolute Gasteiger partial charge is 0.477 e. The highest BCUT2D eigenvalue weighted by molar-refractivity contribution is 5.85. The molecule has 0 fully saturated rings. The molecule has 1 unspecified atom stereocenters. The molecular weight excluding hydrogens is 264 g/mol. The molecule has 0 radical (unpaired) electrons. The van der Waals surface area contributed by atoms with E-state index < -0.39 is 5.97 Å². The Morgan fingerprint density at radius 3 is 3.00 bits per heavy atom. The summed E-state index contributed by atoms with van der Waals surface area (Å²) in [5.74, 6) is -0.982. The Morgan fingerprint density at radius 1 is 1.38 bits per heavy atom. The summed E-state index contributed by atoms with van der Waals surface area (Å²) >= 11 is 0. The van der Waals surface area contributed by atoms with Crippen molar-refractivity contribution in [1.29, 1.82) is 0 Å². The van der Waals surface area contributed by atoms with E-state index in [4.69, 9.17) is 5.11 Å². The van der Waals surface area contributed by atoms with Gasteiger partial charge in [-0.2, -0.15) is 0 Å². The van der Waals surface area contributed by atoms with Crippen LogP contribution < -0.4 is 4.90 Å². The van der Waals surface area contributed by atoms with Crippen molar-refractivity contribution in [3.05, 3.63) is 59.4 Å². The zero-order chi connectivity index (χ0) is 14.8. The first kappa shape index (κ1) is 13.6. The number of rotatable bonds is 3. The van der Waals surface area contributed by atoms with Crippen LogP contribution in [-0.4, -0.2) is 22.1 Å². The van der Waals surface area contributed by atoms with Crippen molar-refractivity contribution < 1.29 is 9.90 Å². The number of carbonyl (C=O) groups is 1. The number of nitrogens with zero attached hydrogens (tertiary/aromatic N) is 2. The number of carboxylic acids is 1. The van der Waals surface area contributed by atoms with E-state index >= 15 is 0 Å². The van der Waals surface area contributed by atoms with E-state index in [9.17, 15) is 4.79 Å². The maximum atomic E-state index is 11.0. The molecular formula is C17H18N2O2. The highest BCUT2D eigenvalue weighted by atomic mass is 16.4. The summed E-state index contributed by atoms with van der Waals surface area (Å²) < 4.78 is 0. The molecule has 1 atom stereocenters. The van der Waals surface area contributed by atoms with E-state index in [0.717, 1.165) is 18.4 Å². The summed E-state index contributed by atoms with van der Waals surface area (Å²) in [4.78, 5) is 17.3. The Hall–Kier alpha value is -2.36. The highest BCUT2D eigenvalue weighted by Crippen LogP contribution is 2.31. The number of fused-ring (bicyclic) bond motifs is 1. The fourth-order valence-corrected chi connectivity index (χ4v) is 2.89. The second-order valence-corrected chi connectivity index (χ2v) is 5.50. The van der Waals surface area contributed by atoms with E-state index in [1.54, 1.807) is 12.3 Å². The minimum absolute atomic E-state index is 0.102. The van der Waals surface area contributed by atoms with E-state index in [1.807, 2.05) is 6.07 Å². The first-order valence-corrected chi connectivity index (χ1v) is 7.18. The van der Waals surface area contributed by atoms with Gasteiger partial charge in [0.15, 0.2) is 0 Å². The standard InChI is InChI=1S/C17H18N2O2/c1-12-6-7-14-4-2-3-5-16(14)19(12)11-13-8-9-18-15(10-13)17(20)21/h2-5,8-10,12H,6-7,11H2,1H3,(H,20,21). The van der Waals surface area contributed by atoms with Crippen LogP contribution in [0.3, 0.4) is 0 Å². The van der Waals surface area contributed by atoms with Gasteiger partial charge in [-0.3, -0.25) is 0 Å². The van der Waals surface area contributed by atoms with Crippen LogP contribution in [-0.2, 0) is 13.0 Å². The van der Waals surface area contributed by atoms with Crippen LogP contribution in [0.15, 0.2) is 42.6 Å². The molecule has 0 saturated heterocycles. The molecule has 3 rings (SSSR count). The van der Waals surface area contributed by atoms with Crippen molar-refractivity contribution >= 4 is 11.7 Å². The average Bonchev–Trinajstić information content (AvgIpc) is 2.50. The minimum atomic E-state index is -0.982. The van der Waals surface area contributed by atoms with Crippen LogP contribution in [0.5, 0.6) is 0 Å². The first-order valence-electron chi connectivity index (χ1n) is 7.18. The minimum Gasteiger partial charge on any atom is -0.477 e. The third kappa shape index (κ3) is 2.75. The molecule has 4 nitrogen and oxygen atoms in total. The van der Waals surface area contributed by atoms with Crippen molar-refractivity contribution in [3.63, 3.8) is 0 Å². The fraction of sp³-hybridized carbons (Fsp3) is 0.294. The summed E-state index contributed by atoms with van der Waals surface area (Å²) in [6.45, 7) is 2.93. The van der Waals surface area contributed by atoms with Crippen molar-refractivity contribution in [3.8, 4) is 0 Å². The summed E-state index contributed by atoms with van der Waals surface area (Å²) in [5.41, 5.74) is 3.70. The molecule has 1 aliphatic heterocycles. The van der Waals surface area contributed by atoms with Crippen LogP contribution in [0.1, 0.15) is 35.0 Å². The Balaban J connectivity index is 1.90. The molecule has 4 heteroatoms. The van der Waals surface area contributed by atoms with Gasteiger partial charge in [-0.1, -0.05) is 18.2 Å². The van der Waals surface area contributed by atoms with E-state index in [2.05, 4.69) is 41.1 Å². The molecule has 1 aliphatic rings. The molecule has 21 heavy (non-hydrogen) atoms. The Bertz CT molecular complexity index is 669. The van der Waals surface area contributed by atoms with Crippen LogP contribution in [0.4, 0.5) is 5.69 Å². The molecule has 0 bridgehead atoms. The Morgan fingerprint density at radius 2 is 2.19 bits per heavy atom. The van der Waals surface area contributed by atoms with Gasteiger partial charge >= 0.3 is 5.97 Å². The van der Waals surface area contributed by atoms with E-state index in [1.165, 1.54) is 11.3 Å². The van der Waals surface area contributed by atoms with Gasteiger partial charge < -0.3 is 10.0 Å². The average molecular weight is 282 g/mol. The van der Waals surface area contributed by atoms with Crippen LogP contribution in [0.2, 0.25) is 0 Å². The van der Waals surface area contributed by atoms with Crippen molar-refractivity contribution in [2.75, 3.05) is 4.90 Å². The SMILES string of the molecule is CC1CCc2ccccc2N1Cc1ccnc(C(=O)O)c1. The molecule has 2 aromatic rings. The lowest BCUT2D eigenvalue weighted by molar-refractivity contribution is 0.0690. The first-order chi connectivity index (χ1) is 10.1. The molecule has 0 aliphatic carbocycles. The quantitative estimate of drug-likeness (QED) is 0.939. The van der Waals surface area contributed by atoms with Gasteiger partial charge in [-0.15, -0.1) is 0 Å². The molecule has 108 valence electrons. The summed E-state index contributed by atoms with van der Waals surface area (Å²) in [7, 11) is 0. The van der Waals surface area contributed by atoms with Crippen molar-refractivity contribution in [2.24, 2.45) is 0 Å². The molecule has 1 aromatic carbocycles. The molecule has 1 N–H and O–H groups in total. The predicted molar refractivity (Wildman–Crippen MR) is 81.6 cm³/mol. The summed E-state index contributed by atoms with van der Waals surface area (Å²) in [6.07, 6.45) is 3.79. The Kier molecular flexibility index (Phi) is 3.60. The van der Waals surface area contributed by atoms with Gasteiger partial charge in [0, 0.05) is 24.5 Å². The summed E-state index contributed by atoms with van der Waals surface area (Å²) in [5, 5.41) is 9.05. The second kappa shape index (κ2) is 5.56. The smallest absolute Gasteiger partial charge is 0.354 e. The monoisotopic (exact) mass is 282 g/mol. The fourth-order valence-electron chi connectivity index (χ4n) is 2.89. The van der Waals surface area contributed by atoms with Gasteiger partial charge in [0.05, 0.1) is 0 Å². The highest BCUT2D eigenvalue weighted by Gasteiger charge is 2.22. The third-order valence-corrected chi connectivity index (χ3v) is 4.06. The molecule has 0 amide bonds. The Labute approximate surface area is 124 Å². The van der Waals surface area contributed by atoms with Gasteiger partial charge in [0.1, 0.15) is 5.69 Å². The third-order valence-electron chi connectivity index (χ3n) is 4.06. The van der Waals surface area contributed by atoms with Gasteiger partial charge in [-0.05, 0) is 49.1 Å². The lowest BCUT2D eigenvalue weighted by Crippen LogP contribution is -2.36. The lowest BCUT2D eigenvalue weighted by atomic mass is 9.96. The number of pyridine rings is 1. The number of carboxylic acid groups (broad SMARTS) is 1. The molecule has 0 saturated carbocycles. The van der Waals surface area contributed by atoms with Gasteiger partial charge in [0.25, 0.3) is 0 Å². The van der Waals surface area contributed by atoms with Crippen LogP contribution in [0, 0.1) is 0 Å². The van der Waals surface area contributed by atoms with Crippen LogP contribution >= 0.6 is 0 Å².